The first kappa shape index (κ1) is 14.5. The van der Waals surface area contributed by atoms with Crippen LogP contribution in [0.25, 0.3) is 0 Å². The van der Waals surface area contributed by atoms with E-state index in [0.717, 1.165) is 19.5 Å². The molecule has 1 unspecified atom stereocenters. The number of hydrogen-bond donors (Lipinski definition) is 2. The number of aromatic amines is 1. The normalized spacial score (nSPS) is 21.4. The molecule has 6 nitrogen and oxygen atoms in total. The molecule has 0 radical (unpaired) electrons. The van der Waals surface area contributed by atoms with Gasteiger partial charge in [-0.05, 0) is 39.7 Å². The predicted molar refractivity (Wildman–Crippen MR) is 73.3 cm³/mol. The van der Waals surface area contributed by atoms with E-state index in [1.54, 1.807) is 6.92 Å². The third kappa shape index (κ3) is 3.55. The van der Waals surface area contributed by atoms with Gasteiger partial charge in [-0.1, -0.05) is 0 Å². The number of nitrogens with one attached hydrogen (secondary N) is 2. The van der Waals surface area contributed by atoms with E-state index in [0.29, 0.717) is 24.3 Å². The van der Waals surface area contributed by atoms with Gasteiger partial charge in [-0.15, -0.1) is 0 Å². The number of aryl methyl sites for hydroxylation is 1. The number of nitrogens with zero attached hydrogens (tertiary/aromatic N) is 2. The van der Waals surface area contributed by atoms with Crippen LogP contribution in [0.2, 0.25) is 0 Å². The first-order valence-electron chi connectivity index (χ1n) is 6.64. The van der Waals surface area contributed by atoms with Gasteiger partial charge in [0.25, 0.3) is 10.0 Å². The first-order chi connectivity index (χ1) is 8.88. The van der Waals surface area contributed by atoms with Gasteiger partial charge >= 0.3 is 0 Å². The summed E-state index contributed by atoms with van der Waals surface area (Å²) in [5.74, 6) is 0.994. The van der Waals surface area contributed by atoms with Crippen LogP contribution < -0.4 is 4.72 Å². The fourth-order valence-electron chi connectivity index (χ4n) is 2.34. The third-order valence-electron chi connectivity index (χ3n) is 3.58. The Labute approximate surface area is 114 Å². The second-order valence-corrected chi connectivity index (χ2v) is 7.16. The van der Waals surface area contributed by atoms with Gasteiger partial charge in [0.1, 0.15) is 5.82 Å². The number of aromatic nitrogens is 2. The number of hydrogen-bond acceptors (Lipinski definition) is 4. The highest BCUT2D eigenvalue weighted by molar-refractivity contribution is 7.89. The van der Waals surface area contributed by atoms with Crippen molar-refractivity contribution in [1.82, 2.24) is 19.6 Å². The molecular formula is C12H22N4O2S. The molecule has 1 aliphatic heterocycles. The molecule has 0 bridgehead atoms. The van der Waals surface area contributed by atoms with Crippen molar-refractivity contribution in [2.75, 3.05) is 19.6 Å². The number of rotatable bonds is 5. The lowest BCUT2D eigenvalue weighted by Crippen LogP contribution is -2.33. The zero-order chi connectivity index (χ0) is 14.0. The molecule has 2 N–H and O–H groups in total. The molecule has 2 rings (SSSR count). The molecule has 1 aromatic rings. The summed E-state index contributed by atoms with van der Waals surface area (Å²) >= 11 is 0. The van der Waals surface area contributed by atoms with Crippen LogP contribution >= 0.6 is 0 Å². The molecule has 108 valence electrons. The Balaban J connectivity index is 1.89. The highest BCUT2D eigenvalue weighted by atomic mass is 32.2. The Kier molecular flexibility index (Phi) is 4.27. The van der Waals surface area contributed by atoms with Gasteiger partial charge in [0.05, 0.1) is 6.20 Å². The average molecular weight is 286 g/mol. The fourth-order valence-corrected chi connectivity index (χ4v) is 3.42. The second-order valence-electron chi connectivity index (χ2n) is 5.43. The summed E-state index contributed by atoms with van der Waals surface area (Å²) in [5.41, 5.74) is 0. The minimum Gasteiger partial charge on any atom is -0.332 e. The van der Waals surface area contributed by atoms with E-state index < -0.39 is 10.0 Å². The van der Waals surface area contributed by atoms with Crippen molar-refractivity contribution in [2.24, 2.45) is 5.92 Å². The van der Waals surface area contributed by atoms with Gasteiger partial charge in [0, 0.05) is 19.1 Å². The molecule has 1 aromatic heterocycles. The highest BCUT2D eigenvalue weighted by Crippen LogP contribution is 2.18. The molecule has 0 saturated carbocycles. The van der Waals surface area contributed by atoms with Crippen LogP contribution in [-0.4, -0.2) is 49.0 Å². The van der Waals surface area contributed by atoms with Gasteiger partial charge in [-0.2, -0.15) is 0 Å². The average Bonchev–Trinajstić information content (AvgIpc) is 2.95. The lowest BCUT2D eigenvalue weighted by Gasteiger charge is -2.20. The fraction of sp³-hybridized carbons (Fsp3) is 0.750. The summed E-state index contributed by atoms with van der Waals surface area (Å²) < 4.78 is 26.7. The molecule has 0 aliphatic carbocycles. The van der Waals surface area contributed by atoms with E-state index >= 15 is 0 Å². The maximum atomic E-state index is 12.0. The molecule has 0 aromatic carbocycles. The van der Waals surface area contributed by atoms with Crippen molar-refractivity contribution in [2.45, 2.75) is 38.3 Å². The quantitative estimate of drug-likeness (QED) is 0.836. The first-order valence-corrected chi connectivity index (χ1v) is 8.12. The van der Waals surface area contributed by atoms with Crippen molar-refractivity contribution < 1.29 is 8.42 Å². The summed E-state index contributed by atoms with van der Waals surface area (Å²) in [6.45, 7) is 8.56. The minimum atomic E-state index is -3.45. The molecule has 1 fully saturated rings. The van der Waals surface area contributed by atoms with E-state index in [2.05, 4.69) is 33.4 Å². The van der Waals surface area contributed by atoms with E-state index in [1.807, 2.05) is 0 Å². The van der Waals surface area contributed by atoms with Crippen molar-refractivity contribution >= 4 is 10.0 Å². The van der Waals surface area contributed by atoms with Gasteiger partial charge in [0.2, 0.25) is 0 Å². The van der Waals surface area contributed by atoms with E-state index in [4.69, 9.17) is 0 Å². The summed E-state index contributed by atoms with van der Waals surface area (Å²) in [4.78, 5) is 9.04. The van der Waals surface area contributed by atoms with E-state index in [9.17, 15) is 8.42 Å². The Morgan fingerprint density at radius 2 is 2.32 bits per heavy atom. The molecule has 19 heavy (non-hydrogen) atoms. The Bertz CT molecular complexity index is 524. The maximum absolute atomic E-state index is 12.0. The van der Waals surface area contributed by atoms with Crippen molar-refractivity contribution in [3.05, 3.63) is 12.0 Å². The monoisotopic (exact) mass is 286 g/mol. The molecular weight excluding hydrogens is 264 g/mol. The van der Waals surface area contributed by atoms with E-state index in [-0.39, 0.29) is 5.03 Å². The van der Waals surface area contributed by atoms with Crippen molar-refractivity contribution in [3.8, 4) is 0 Å². The highest BCUT2D eigenvalue weighted by Gasteiger charge is 2.26. The maximum Gasteiger partial charge on any atom is 0.257 e. The van der Waals surface area contributed by atoms with Gasteiger partial charge in [0.15, 0.2) is 5.03 Å². The molecule has 1 aliphatic rings. The molecule has 2 heterocycles. The molecule has 1 atom stereocenters. The smallest absolute Gasteiger partial charge is 0.257 e. The van der Waals surface area contributed by atoms with Crippen LogP contribution in [0.4, 0.5) is 0 Å². The van der Waals surface area contributed by atoms with Crippen LogP contribution in [0.5, 0.6) is 0 Å². The molecule has 7 heteroatoms. The largest absolute Gasteiger partial charge is 0.332 e. The van der Waals surface area contributed by atoms with Crippen LogP contribution in [0.15, 0.2) is 11.2 Å². The standard InChI is InChI=1S/C12H22N4O2S/c1-9(2)16-5-4-11(8-16)6-14-19(17,18)12-7-13-10(3)15-12/h7,9,11,14H,4-6,8H2,1-3H3,(H,13,15). The van der Waals surface area contributed by atoms with Crippen LogP contribution in [0.3, 0.4) is 0 Å². The minimum absolute atomic E-state index is 0.142. The molecule has 1 saturated heterocycles. The number of H-pyrrole nitrogens is 1. The van der Waals surface area contributed by atoms with Crippen molar-refractivity contribution in [1.29, 1.82) is 0 Å². The SMILES string of the molecule is Cc1ncc(S(=O)(=O)NCC2CCN(C(C)C)C2)[nH]1. The Hall–Kier alpha value is -0.920. The second kappa shape index (κ2) is 5.60. The zero-order valence-corrected chi connectivity index (χ0v) is 12.5. The zero-order valence-electron chi connectivity index (χ0n) is 11.7. The Morgan fingerprint density at radius 1 is 1.58 bits per heavy atom. The molecule has 0 spiro atoms. The summed E-state index contributed by atoms with van der Waals surface area (Å²) in [5, 5.41) is 0.142. The van der Waals surface area contributed by atoms with Gasteiger partial charge in [-0.25, -0.2) is 18.1 Å². The third-order valence-corrected chi connectivity index (χ3v) is 4.91. The topological polar surface area (TPSA) is 78.1 Å². The predicted octanol–water partition coefficient (Wildman–Crippen LogP) is 0.727. The van der Waals surface area contributed by atoms with Crippen molar-refractivity contribution in [3.63, 3.8) is 0 Å². The molecule has 0 amide bonds. The summed E-state index contributed by atoms with van der Waals surface area (Å²) in [6.07, 6.45) is 2.40. The Morgan fingerprint density at radius 3 is 2.84 bits per heavy atom. The van der Waals surface area contributed by atoms with Crippen LogP contribution in [0, 0.1) is 12.8 Å². The van der Waals surface area contributed by atoms with E-state index in [1.165, 1.54) is 6.20 Å². The lowest BCUT2D eigenvalue weighted by molar-refractivity contribution is 0.265. The van der Waals surface area contributed by atoms with Crippen LogP contribution in [0.1, 0.15) is 26.1 Å². The van der Waals surface area contributed by atoms with Gasteiger partial charge < -0.3 is 9.88 Å². The number of sulfonamides is 1. The number of imidazole rings is 1. The number of likely N-dealkylation sites (tertiary alicyclic amines) is 1. The lowest BCUT2D eigenvalue weighted by atomic mass is 10.1. The summed E-state index contributed by atoms with van der Waals surface area (Å²) in [7, 11) is -3.45. The van der Waals surface area contributed by atoms with Crippen LogP contribution in [-0.2, 0) is 10.0 Å². The van der Waals surface area contributed by atoms with Gasteiger partial charge in [-0.3, -0.25) is 0 Å². The summed E-state index contributed by atoms with van der Waals surface area (Å²) in [6, 6.07) is 0.525.